The van der Waals surface area contributed by atoms with Gasteiger partial charge in [0.15, 0.2) is 0 Å². The van der Waals surface area contributed by atoms with Crippen molar-refractivity contribution >= 4 is 27.1 Å². The minimum absolute atomic E-state index is 0.191. The Morgan fingerprint density at radius 3 is 2.62 bits per heavy atom. The van der Waals surface area contributed by atoms with Crippen LogP contribution in [0.25, 0.3) is 5.65 Å². The van der Waals surface area contributed by atoms with Crippen molar-refractivity contribution < 1.29 is 8.42 Å². The van der Waals surface area contributed by atoms with Gasteiger partial charge < -0.3 is 4.40 Å². The zero-order chi connectivity index (χ0) is 15.0. The van der Waals surface area contributed by atoms with Crippen LogP contribution in [0.2, 0.25) is 5.02 Å². The van der Waals surface area contributed by atoms with Gasteiger partial charge in [-0.05, 0) is 24.6 Å². The maximum Gasteiger partial charge on any atom is 0.247 e. The summed E-state index contributed by atoms with van der Waals surface area (Å²) in [5.74, 6) is -0.255. The van der Waals surface area contributed by atoms with Gasteiger partial charge in [-0.25, -0.2) is 23.4 Å². The minimum Gasteiger partial charge on any atom is -0.305 e. The number of halogens is 1. The van der Waals surface area contributed by atoms with Crippen LogP contribution in [0.5, 0.6) is 0 Å². The summed E-state index contributed by atoms with van der Waals surface area (Å²) in [7, 11) is -3.62. The largest absolute Gasteiger partial charge is 0.305 e. The quantitative estimate of drug-likeness (QED) is 0.690. The molecule has 0 atom stereocenters. The number of fused-ring (bicyclic) bond motifs is 1. The van der Waals surface area contributed by atoms with E-state index >= 15 is 0 Å². The van der Waals surface area contributed by atoms with Gasteiger partial charge in [-0.3, -0.25) is 0 Å². The van der Waals surface area contributed by atoms with Crippen LogP contribution in [0.15, 0.2) is 42.1 Å². The van der Waals surface area contributed by atoms with E-state index in [1.165, 1.54) is 12.4 Å². The van der Waals surface area contributed by atoms with Gasteiger partial charge in [0.1, 0.15) is 11.4 Å². The Morgan fingerprint density at radius 1 is 1.19 bits per heavy atom. The van der Waals surface area contributed by atoms with Crippen LogP contribution in [0.3, 0.4) is 0 Å². The third kappa shape index (κ3) is 2.88. The van der Waals surface area contributed by atoms with Crippen molar-refractivity contribution in [2.75, 3.05) is 0 Å². The molecule has 0 aliphatic heterocycles. The summed E-state index contributed by atoms with van der Waals surface area (Å²) in [5, 5.41) is 0.361. The number of rotatable bonds is 3. The standard InChI is InChI=1S/C13H11ClN4O2S/c1-9-4-15-13(16-5-9)21(19,20)8-11-7-18-6-10(14)2-3-12(18)17-11/h2-7H,8H2,1H3. The molecule has 6 nitrogen and oxygen atoms in total. The predicted octanol–water partition coefficient (Wildman–Crippen LogP) is 2.06. The van der Waals surface area contributed by atoms with Crippen LogP contribution in [-0.2, 0) is 15.6 Å². The van der Waals surface area contributed by atoms with Crippen molar-refractivity contribution in [3.63, 3.8) is 0 Å². The monoisotopic (exact) mass is 322 g/mol. The topological polar surface area (TPSA) is 77.2 Å². The number of aryl methyl sites for hydroxylation is 1. The summed E-state index contributed by atoms with van der Waals surface area (Å²) in [6.45, 7) is 1.79. The van der Waals surface area contributed by atoms with E-state index in [1.807, 2.05) is 0 Å². The maximum absolute atomic E-state index is 12.3. The molecule has 0 aliphatic carbocycles. The number of pyridine rings is 1. The van der Waals surface area contributed by atoms with Gasteiger partial charge >= 0.3 is 0 Å². The molecule has 0 amide bonds. The summed E-state index contributed by atoms with van der Waals surface area (Å²) in [6.07, 6.45) is 6.25. The number of sulfone groups is 1. The third-order valence-corrected chi connectivity index (χ3v) is 4.50. The third-order valence-electron chi connectivity index (χ3n) is 2.84. The lowest BCUT2D eigenvalue weighted by atomic mass is 10.4. The predicted molar refractivity (Wildman–Crippen MR) is 77.9 cm³/mol. The number of nitrogens with zero attached hydrogens (tertiary/aromatic N) is 4. The molecule has 21 heavy (non-hydrogen) atoms. The van der Waals surface area contributed by atoms with Gasteiger partial charge in [-0.1, -0.05) is 11.6 Å². The Morgan fingerprint density at radius 2 is 1.90 bits per heavy atom. The summed E-state index contributed by atoms with van der Waals surface area (Å²) in [4.78, 5) is 12.0. The number of hydrogen-bond acceptors (Lipinski definition) is 5. The Balaban J connectivity index is 1.95. The Labute approximate surface area is 126 Å². The second-order valence-corrected chi connectivity index (χ2v) is 6.97. The van der Waals surface area contributed by atoms with Crippen molar-refractivity contribution in [1.29, 1.82) is 0 Å². The zero-order valence-electron chi connectivity index (χ0n) is 11.1. The molecule has 0 unspecified atom stereocenters. The van der Waals surface area contributed by atoms with E-state index in [1.54, 1.807) is 35.9 Å². The van der Waals surface area contributed by atoms with Crippen LogP contribution in [0.4, 0.5) is 0 Å². The molecule has 0 aliphatic rings. The maximum atomic E-state index is 12.3. The van der Waals surface area contributed by atoms with Crippen molar-refractivity contribution in [1.82, 2.24) is 19.4 Å². The number of aromatic nitrogens is 4. The van der Waals surface area contributed by atoms with Crippen LogP contribution in [-0.4, -0.2) is 27.8 Å². The number of imidazole rings is 1. The molecule has 3 aromatic heterocycles. The lowest BCUT2D eigenvalue weighted by molar-refractivity contribution is 0.585. The average molecular weight is 323 g/mol. The second kappa shape index (κ2) is 5.09. The first kappa shape index (κ1) is 14.0. The highest BCUT2D eigenvalue weighted by Gasteiger charge is 2.20. The lowest BCUT2D eigenvalue weighted by Gasteiger charge is -2.00. The van der Waals surface area contributed by atoms with Crippen molar-refractivity contribution in [3.05, 3.63) is 53.2 Å². The molecule has 108 valence electrons. The van der Waals surface area contributed by atoms with Crippen LogP contribution in [0, 0.1) is 6.92 Å². The number of hydrogen-bond donors (Lipinski definition) is 0. The first-order valence-electron chi connectivity index (χ1n) is 6.08. The fourth-order valence-electron chi connectivity index (χ4n) is 1.89. The Bertz CT molecular complexity index is 904. The van der Waals surface area contributed by atoms with Gasteiger partial charge in [0.05, 0.1) is 10.7 Å². The molecule has 0 spiro atoms. The summed E-state index contributed by atoms with van der Waals surface area (Å²) in [5.41, 5.74) is 1.85. The van der Waals surface area contributed by atoms with Crippen LogP contribution < -0.4 is 0 Å². The highest BCUT2D eigenvalue weighted by atomic mass is 35.5. The van der Waals surface area contributed by atoms with E-state index in [-0.39, 0.29) is 10.9 Å². The van der Waals surface area contributed by atoms with Gasteiger partial charge in [0.2, 0.25) is 15.0 Å². The van der Waals surface area contributed by atoms with E-state index in [0.717, 1.165) is 5.56 Å². The zero-order valence-corrected chi connectivity index (χ0v) is 12.6. The Kier molecular flexibility index (Phi) is 3.38. The van der Waals surface area contributed by atoms with Crippen molar-refractivity contribution in [2.24, 2.45) is 0 Å². The van der Waals surface area contributed by atoms with E-state index in [0.29, 0.717) is 16.4 Å². The highest BCUT2D eigenvalue weighted by Crippen LogP contribution is 2.15. The van der Waals surface area contributed by atoms with Crippen LogP contribution >= 0.6 is 11.6 Å². The molecule has 3 rings (SSSR count). The lowest BCUT2D eigenvalue weighted by Crippen LogP contribution is -2.09. The Hall–Kier alpha value is -1.99. The van der Waals surface area contributed by atoms with E-state index in [9.17, 15) is 8.42 Å². The first-order valence-corrected chi connectivity index (χ1v) is 8.12. The molecule has 0 saturated heterocycles. The van der Waals surface area contributed by atoms with Crippen molar-refractivity contribution in [3.8, 4) is 0 Å². The molecule has 0 N–H and O–H groups in total. The highest BCUT2D eigenvalue weighted by molar-refractivity contribution is 7.90. The average Bonchev–Trinajstić information content (AvgIpc) is 2.79. The van der Waals surface area contributed by atoms with Crippen LogP contribution in [0.1, 0.15) is 11.3 Å². The molecule has 3 aromatic rings. The molecule has 3 heterocycles. The summed E-state index contributed by atoms with van der Waals surface area (Å²) >= 11 is 5.88. The molecule has 0 bridgehead atoms. The summed E-state index contributed by atoms with van der Waals surface area (Å²) < 4.78 is 26.2. The van der Waals surface area contributed by atoms with Gasteiger partial charge in [0.25, 0.3) is 0 Å². The van der Waals surface area contributed by atoms with Gasteiger partial charge in [0, 0.05) is 24.8 Å². The van der Waals surface area contributed by atoms with Gasteiger partial charge in [-0.2, -0.15) is 0 Å². The smallest absolute Gasteiger partial charge is 0.247 e. The molecule has 0 radical (unpaired) electrons. The second-order valence-electron chi connectivity index (χ2n) is 4.65. The molecule has 8 heteroatoms. The SMILES string of the molecule is Cc1cnc(S(=O)(=O)Cc2cn3cc(Cl)ccc3n2)nc1. The molecule has 0 aromatic carbocycles. The molecule has 0 fully saturated rings. The van der Waals surface area contributed by atoms with Gasteiger partial charge in [-0.15, -0.1) is 0 Å². The molecular formula is C13H11ClN4O2S. The molecule has 0 saturated carbocycles. The fourth-order valence-corrected chi connectivity index (χ4v) is 3.14. The minimum atomic E-state index is -3.62. The fraction of sp³-hybridized carbons (Fsp3) is 0.154. The van der Waals surface area contributed by atoms with E-state index in [4.69, 9.17) is 11.6 Å². The molecular weight excluding hydrogens is 312 g/mol. The normalized spacial score (nSPS) is 11.9. The van der Waals surface area contributed by atoms with Crippen molar-refractivity contribution in [2.45, 2.75) is 17.8 Å². The van der Waals surface area contributed by atoms with E-state index < -0.39 is 9.84 Å². The first-order chi connectivity index (χ1) is 9.94. The van der Waals surface area contributed by atoms with E-state index in [2.05, 4.69) is 15.0 Å². The summed E-state index contributed by atoms with van der Waals surface area (Å²) in [6, 6.07) is 3.42.